The first-order valence-corrected chi connectivity index (χ1v) is 17.5. The summed E-state index contributed by atoms with van der Waals surface area (Å²) in [6.07, 6.45) is 17.7. The van der Waals surface area contributed by atoms with Crippen molar-refractivity contribution >= 4 is 17.3 Å². The molecule has 0 spiro atoms. The SMILES string of the molecule is CC(CCC[C@@H](C)[C@H]1CC[C@H]2[C@@H]3CCC4CCCC[C@]4(C)[C@H]3CC[C@]12C)COC(=O)C(C)c1ccc([N+](=O)[O-])cc1[N+](=O)[O-]. The van der Waals surface area contributed by atoms with E-state index in [4.69, 9.17) is 4.74 Å². The number of nitro groups is 2. The zero-order valence-electron chi connectivity index (χ0n) is 27.6. The fraction of sp³-hybridized carbons (Fsp3) is 0.806. The molecule has 4 fully saturated rings. The molecule has 0 bridgehead atoms. The molecule has 0 radical (unpaired) electrons. The standard InChI is InChI=1S/C36H54N2O6/c1-23(22-44-34(39)25(3)28-15-13-27(37(40)41)21-33(28)38(42)43)9-8-10-24(2)30-16-17-31-29-14-12-26-11-6-7-19-35(26,4)32(29)18-20-36(30,31)5/h13,15,21,23-26,29-32H,6-12,14,16-20,22H2,1-5H3/t23?,24-,25?,26?,29+,30-,31+,32+,35+,36-/m1/s1. The number of ether oxygens (including phenoxy) is 1. The van der Waals surface area contributed by atoms with Crippen LogP contribution in [0.25, 0.3) is 0 Å². The van der Waals surface area contributed by atoms with E-state index in [1.807, 2.05) is 0 Å². The van der Waals surface area contributed by atoms with Crippen LogP contribution < -0.4 is 0 Å². The van der Waals surface area contributed by atoms with Crippen LogP contribution in [0.3, 0.4) is 0 Å². The Hall–Kier alpha value is -2.51. The Morgan fingerprint density at radius 3 is 2.39 bits per heavy atom. The number of esters is 1. The van der Waals surface area contributed by atoms with Crippen molar-refractivity contribution in [2.75, 3.05) is 6.61 Å². The van der Waals surface area contributed by atoms with Gasteiger partial charge in [-0.25, -0.2) is 0 Å². The lowest BCUT2D eigenvalue weighted by atomic mass is 9.44. The quantitative estimate of drug-likeness (QED) is 0.140. The summed E-state index contributed by atoms with van der Waals surface area (Å²) < 4.78 is 5.58. The van der Waals surface area contributed by atoms with Gasteiger partial charge in [-0.1, -0.05) is 53.4 Å². The Balaban J connectivity index is 1.09. The molecule has 5 rings (SSSR count). The topological polar surface area (TPSA) is 113 Å². The van der Waals surface area contributed by atoms with E-state index in [-0.39, 0.29) is 23.8 Å². The Labute approximate surface area is 263 Å². The zero-order chi connectivity index (χ0) is 31.8. The minimum absolute atomic E-state index is 0.130. The molecular weight excluding hydrogens is 556 g/mol. The summed E-state index contributed by atoms with van der Waals surface area (Å²) in [5.41, 5.74) is 0.402. The fourth-order valence-corrected chi connectivity index (χ4v) is 11.0. The van der Waals surface area contributed by atoms with Gasteiger partial charge in [-0.05, 0) is 123 Å². The van der Waals surface area contributed by atoms with Gasteiger partial charge in [-0.3, -0.25) is 25.0 Å². The molecule has 4 aliphatic carbocycles. The van der Waals surface area contributed by atoms with Gasteiger partial charge >= 0.3 is 5.97 Å². The zero-order valence-corrected chi connectivity index (χ0v) is 27.6. The van der Waals surface area contributed by atoms with Crippen LogP contribution in [-0.4, -0.2) is 22.4 Å². The number of benzene rings is 1. The Kier molecular flexibility index (Phi) is 9.77. The van der Waals surface area contributed by atoms with Crippen molar-refractivity contribution in [2.24, 2.45) is 52.3 Å². The van der Waals surface area contributed by atoms with E-state index in [2.05, 4.69) is 27.7 Å². The third-order valence-electron chi connectivity index (χ3n) is 13.5. The van der Waals surface area contributed by atoms with Crippen LogP contribution >= 0.6 is 0 Å². The van der Waals surface area contributed by atoms with E-state index in [0.29, 0.717) is 16.7 Å². The molecule has 8 nitrogen and oxygen atoms in total. The van der Waals surface area contributed by atoms with E-state index >= 15 is 0 Å². The Morgan fingerprint density at radius 2 is 1.66 bits per heavy atom. The number of hydrogen-bond acceptors (Lipinski definition) is 6. The van der Waals surface area contributed by atoms with Gasteiger partial charge in [0.15, 0.2) is 0 Å². The average molecular weight is 611 g/mol. The molecule has 3 unspecified atom stereocenters. The van der Waals surface area contributed by atoms with Crippen LogP contribution in [0.2, 0.25) is 0 Å². The lowest BCUT2D eigenvalue weighted by Crippen LogP contribution is -2.53. The second kappa shape index (κ2) is 13.1. The Bertz CT molecular complexity index is 1230. The first-order chi connectivity index (χ1) is 20.9. The molecule has 0 aromatic heterocycles. The first kappa shape index (κ1) is 32.9. The summed E-state index contributed by atoms with van der Waals surface area (Å²) in [4.78, 5) is 34.0. The number of nitrogens with zero attached hydrogens (tertiary/aromatic N) is 2. The van der Waals surface area contributed by atoms with Gasteiger partial charge in [0, 0.05) is 11.6 Å². The molecule has 4 aliphatic rings. The maximum atomic E-state index is 12.8. The summed E-state index contributed by atoms with van der Waals surface area (Å²) in [7, 11) is 0. The van der Waals surface area contributed by atoms with Crippen LogP contribution in [0.15, 0.2) is 18.2 Å². The van der Waals surface area contributed by atoms with Gasteiger partial charge in [-0.15, -0.1) is 0 Å². The number of rotatable bonds is 11. The summed E-state index contributed by atoms with van der Waals surface area (Å²) in [5.74, 6) is 4.03. The fourth-order valence-electron chi connectivity index (χ4n) is 11.0. The number of carbonyl (C=O) groups is 1. The van der Waals surface area contributed by atoms with Crippen LogP contribution in [0.5, 0.6) is 0 Å². The normalized spacial score (nSPS) is 35.0. The summed E-state index contributed by atoms with van der Waals surface area (Å²) in [5, 5.41) is 22.6. The third kappa shape index (κ3) is 6.16. The lowest BCUT2D eigenvalue weighted by molar-refractivity contribution is -0.394. The highest BCUT2D eigenvalue weighted by atomic mass is 16.6. The van der Waals surface area contributed by atoms with E-state index in [1.165, 1.54) is 82.8 Å². The van der Waals surface area contributed by atoms with Crippen LogP contribution in [0.1, 0.15) is 130 Å². The highest BCUT2D eigenvalue weighted by molar-refractivity contribution is 5.79. The van der Waals surface area contributed by atoms with Gasteiger partial charge in [0.1, 0.15) is 0 Å². The van der Waals surface area contributed by atoms with Gasteiger partial charge in [0.2, 0.25) is 0 Å². The third-order valence-corrected chi connectivity index (χ3v) is 13.5. The predicted molar refractivity (Wildman–Crippen MR) is 171 cm³/mol. The van der Waals surface area contributed by atoms with E-state index in [9.17, 15) is 25.0 Å². The van der Waals surface area contributed by atoms with Crippen LogP contribution in [0, 0.1) is 72.5 Å². The molecule has 0 N–H and O–H groups in total. The summed E-state index contributed by atoms with van der Waals surface area (Å²) in [6.45, 7) is 11.7. The minimum atomic E-state index is -0.884. The first-order valence-electron chi connectivity index (χ1n) is 17.5. The van der Waals surface area contributed by atoms with Crippen LogP contribution in [0.4, 0.5) is 11.4 Å². The lowest BCUT2D eigenvalue weighted by Gasteiger charge is -2.61. The monoisotopic (exact) mass is 610 g/mol. The van der Waals surface area contributed by atoms with Gasteiger partial charge in [-0.2, -0.15) is 0 Å². The summed E-state index contributed by atoms with van der Waals surface area (Å²) >= 11 is 0. The molecule has 1 aromatic carbocycles. The Morgan fingerprint density at radius 1 is 0.909 bits per heavy atom. The second-order valence-electron chi connectivity index (χ2n) is 15.8. The largest absolute Gasteiger partial charge is 0.465 e. The minimum Gasteiger partial charge on any atom is -0.465 e. The van der Waals surface area contributed by atoms with Crippen molar-refractivity contribution in [2.45, 2.75) is 124 Å². The van der Waals surface area contributed by atoms with E-state index < -0.39 is 27.4 Å². The molecule has 244 valence electrons. The molecule has 4 saturated carbocycles. The molecular formula is C36H54N2O6. The van der Waals surface area contributed by atoms with Crippen molar-refractivity contribution in [3.05, 3.63) is 44.0 Å². The number of carbonyl (C=O) groups excluding carboxylic acids is 1. The van der Waals surface area contributed by atoms with E-state index in [0.717, 1.165) is 48.5 Å². The number of hydrogen-bond donors (Lipinski definition) is 0. The maximum absolute atomic E-state index is 12.8. The van der Waals surface area contributed by atoms with Gasteiger partial charge in [0.05, 0.1) is 28.4 Å². The molecule has 0 heterocycles. The van der Waals surface area contributed by atoms with Gasteiger partial charge < -0.3 is 4.74 Å². The van der Waals surface area contributed by atoms with Crippen molar-refractivity contribution in [3.8, 4) is 0 Å². The van der Waals surface area contributed by atoms with Gasteiger partial charge in [0.25, 0.3) is 11.4 Å². The highest BCUT2D eigenvalue weighted by Crippen LogP contribution is 2.68. The van der Waals surface area contributed by atoms with Crippen molar-refractivity contribution < 1.29 is 19.4 Å². The average Bonchev–Trinajstić information content (AvgIpc) is 3.36. The van der Waals surface area contributed by atoms with Crippen molar-refractivity contribution in [3.63, 3.8) is 0 Å². The van der Waals surface area contributed by atoms with E-state index in [1.54, 1.807) is 6.92 Å². The highest BCUT2D eigenvalue weighted by Gasteiger charge is 2.60. The molecule has 0 saturated heterocycles. The number of non-ortho nitro benzene ring substituents is 1. The maximum Gasteiger partial charge on any atom is 0.313 e. The smallest absolute Gasteiger partial charge is 0.313 e. The molecule has 0 amide bonds. The summed E-state index contributed by atoms with van der Waals surface area (Å²) in [6, 6.07) is 3.38. The number of nitro benzene ring substituents is 2. The predicted octanol–water partition coefficient (Wildman–Crippen LogP) is 9.64. The molecule has 8 heteroatoms. The van der Waals surface area contributed by atoms with Crippen LogP contribution in [-0.2, 0) is 9.53 Å². The molecule has 1 aromatic rings. The second-order valence-corrected chi connectivity index (χ2v) is 15.8. The molecule has 44 heavy (non-hydrogen) atoms. The number of fused-ring (bicyclic) bond motifs is 5. The van der Waals surface area contributed by atoms with Crippen molar-refractivity contribution in [1.29, 1.82) is 0 Å². The molecule has 10 atom stereocenters. The van der Waals surface area contributed by atoms with Crippen molar-refractivity contribution in [1.82, 2.24) is 0 Å². The molecule has 0 aliphatic heterocycles.